The van der Waals surface area contributed by atoms with E-state index in [1.54, 1.807) is 17.6 Å². The number of nitrogens with zero attached hydrogens (tertiary/aromatic N) is 2. The summed E-state index contributed by atoms with van der Waals surface area (Å²) in [7, 11) is 7.91. The van der Waals surface area contributed by atoms with Crippen molar-refractivity contribution in [1.82, 2.24) is 9.55 Å². The molecule has 1 aromatic heterocycles. The van der Waals surface area contributed by atoms with E-state index in [1.807, 2.05) is 15.7 Å². The Morgan fingerprint density at radius 1 is 1.21 bits per heavy atom. The Labute approximate surface area is 173 Å². The van der Waals surface area contributed by atoms with Crippen LogP contribution >= 0.6 is 0 Å². The Bertz CT molecular complexity index is 918. The Morgan fingerprint density at radius 2 is 1.79 bits per heavy atom. The maximum atomic E-state index is 13.9. The molecule has 0 spiro atoms. The molecule has 154 valence electrons. The Kier molecular flexibility index (Phi) is 5.17. The molecule has 11 heteroatoms. The van der Waals surface area contributed by atoms with Crippen molar-refractivity contribution in [2.45, 2.75) is 62.0 Å². The van der Waals surface area contributed by atoms with Crippen LogP contribution in [0.3, 0.4) is 0 Å². The largest absolute Gasteiger partial charge is 0.506 e. The highest BCUT2D eigenvalue weighted by molar-refractivity contribution is 6.53. The second kappa shape index (κ2) is 6.76. The minimum Gasteiger partial charge on any atom is -0.506 e. The maximum Gasteiger partial charge on any atom is 0.418 e. The standard InChI is InChI=1S/C18H27B4F3N2O2/c1-9(2)16(19,20)18(21,22)29-11-4-12(17(23,24)25)14-13(5-11)26-8-27(14)10-6-15(3,28)7-10/h4-5,8-10,28H,6-7,19-22H2,1-3H3/t10-,15+. The molecular formula is C18H27B4F3N2O2. The van der Waals surface area contributed by atoms with E-state index in [9.17, 15) is 18.3 Å². The molecule has 0 unspecified atom stereocenters. The van der Waals surface area contributed by atoms with Crippen molar-refractivity contribution in [3.8, 4) is 5.75 Å². The normalized spacial score (nSPS) is 23.4. The number of halogens is 3. The average Bonchev–Trinajstić information content (AvgIpc) is 2.93. The zero-order valence-corrected chi connectivity index (χ0v) is 18.2. The van der Waals surface area contributed by atoms with Crippen LogP contribution in [0, 0.1) is 5.92 Å². The van der Waals surface area contributed by atoms with E-state index >= 15 is 0 Å². The first kappa shape index (κ1) is 22.2. The Morgan fingerprint density at radius 3 is 2.28 bits per heavy atom. The van der Waals surface area contributed by atoms with Crippen LogP contribution in [0.5, 0.6) is 5.75 Å². The summed E-state index contributed by atoms with van der Waals surface area (Å²) < 4.78 is 49.5. The monoisotopic (exact) mass is 404 g/mol. The predicted octanol–water partition coefficient (Wildman–Crippen LogP) is 0.478. The van der Waals surface area contributed by atoms with Crippen LogP contribution in [0.1, 0.15) is 45.2 Å². The van der Waals surface area contributed by atoms with Crippen molar-refractivity contribution in [3.63, 3.8) is 0 Å². The molecule has 1 aromatic carbocycles. The minimum atomic E-state index is -4.54. The summed E-state index contributed by atoms with van der Waals surface area (Å²) in [5, 5.41) is 9.05. The fourth-order valence-corrected chi connectivity index (χ4v) is 3.97. The fraction of sp³-hybridized carbons (Fsp3) is 0.611. The zero-order valence-electron chi connectivity index (χ0n) is 18.2. The van der Waals surface area contributed by atoms with Crippen molar-refractivity contribution in [2.75, 3.05) is 0 Å². The highest BCUT2D eigenvalue weighted by Gasteiger charge is 2.43. The molecule has 3 rings (SSSR count). The lowest BCUT2D eigenvalue weighted by Crippen LogP contribution is -2.52. The van der Waals surface area contributed by atoms with Crippen LogP contribution in [0.25, 0.3) is 11.0 Å². The molecule has 4 nitrogen and oxygen atoms in total. The number of aliphatic hydroxyl groups is 1. The number of rotatable bonds is 5. The van der Waals surface area contributed by atoms with E-state index in [-0.39, 0.29) is 34.0 Å². The number of hydrogen-bond donors (Lipinski definition) is 1. The zero-order chi connectivity index (χ0) is 22.0. The van der Waals surface area contributed by atoms with E-state index in [4.69, 9.17) is 4.74 Å². The topological polar surface area (TPSA) is 47.3 Å². The van der Waals surface area contributed by atoms with Crippen molar-refractivity contribution >= 4 is 42.4 Å². The van der Waals surface area contributed by atoms with E-state index in [1.165, 1.54) is 6.33 Å². The van der Waals surface area contributed by atoms with E-state index in [2.05, 4.69) is 34.5 Å². The summed E-state index contributed by atoms with van der Waals surface area (Å²) in [6, 6.07) is 2.46. The molecule has 0 atom stereocenters. The summed E-state index contributed by atoms with van der Waals surface area (Å²) in [5.41, 5.74) is -1.30. The van der Waals surface area contributed by atoms with Crippen LogP contribution in [0.15, 0.2) is 18.5 Å². The van der Waals surface area contributed by atoms with E-state index in [0.717, 1.165) is 6.07 Å². The lowest BCUT2D eigenvalue weighted by molar-refractivity contribution is -0.136. The van der Waals surface area contributed by atoms with Gasteiger partial charge in [-0.1, -0.05) is 25.0 Å². The van der Waals surface area contributed by atoms with E-state index in [0.29, 0.717) is 12.8 Å². The molecule has 1 fully saturated rings. The molecule has 1 aliphatic carbocycles. The molecule has 1 heterocycles. The summed E-state index contributed by atoms with van der Waals surface area (Å²) in [4.78, 5) is 4.23. The summed E-state index contributed by atoms with van der Waals surface area (Å²) in [5.74, 6) is 0.434. The average molecular weight is 404 g/mol. The quantitative estimate of drug-likeness (QED) is 0.739. The molecule has 0 amide bonds. The van der Waals surface area contributed by atoms with Gasteiger partial charge in [0.25, 0.3) is 0 Å². The number of imidazole rings is 1. The maximum absolute atomic E-state index is 13.9. The SMILES string of the molecule is BC(B)(Oc1cc(C(F)(F)F)c2c(c1)ncn2[C@H]1C[C@@](C)(O)C1)C(B)(B)C(C)C. The molecule has 0 saturated heterocycles. The van der Waals surface area contributed by atoms with Gasteiger partial charge in [-0.05, 0) is 25.8 Å². The van der Waals surface area contributed by atoms with Gasteiger partial charge in [0, 0.05) is 17.5 Å². The number of fused-ring (bicyclic) bond motifs is 1. The molecule has 2 aromatic rings. The molecule has 0 aliphatic heterocycles. The van der Waals surface area contributed by atoms with Gasteiger partial charge >= 0.3 is 6.18 Å². The lowest BCUT2D eigenvalue weighted by Gasteiger charge is -2.46. The lowest BCUT2D eigenvalue weighted by atomic mass is 9.32. The van der Waals surface area contributed by atoms with Gasteiger partial charge in [0.1, 0.15) is 37.1 Å². The number of benzene rings is 1. The number of aromatic nitrogens is 2. The third-order valence-electron chi connectivity index (χ3n) is 7.06. The second-order valence-electron chi connectivity index (χ2n) is 10.0. The van der Waals surface area contributed by atoms with Gasteiger partial charge in [-0.3, -0.25) is 0 Å². The van der Waals surface area contributed by atoms with Gasteiger partial charge < -0.3 is 14.4 Å². The smallest absolute Gasteiger partial charge is 0.418 e. The summed E-state index contributed by atoms with van der Waals surface area (Å²) in [6.45, 7) is 5.84. The predicted molar refractivity (Wildman–Crippen MR) is 119 cm³/mol. The van der Waals surface area contributed by atoms with Crippen molar-refractivity contribution in [1.29, 1.82) is 0 Å². The fourth-order valence-electron chi connectivity index (χ4n) is 3.97. The molecule has 1 saturated carbocycles. The van der Waals surface area contributed by atoms with Crippen molar-refractivity contribution in [2.24, 2.45) is 5.92 Å². The third kappa shape index (κ3) is 3.94. The highest BCUT2D eigenvalue weighted by atomic mass is 19.4. The van der Waals surface area contributed by atoms with Gasteiger partial charge in [-0.15, -0.1) is 0 Å². The first-order valence-corrected chi connectivity index (χ1v) is 10.0. The van der Waals surface area contributed by atoms with Crippen LogP contribution in [0.2, 0.25) is 5.21 Å². The summed E-state index contributed by atoms with van der Waals surface area (Å²) in [6.07, 6.45) is -2.29. The van der Waals surface area contributed by atoms with Crippen LogP contribution < -0.4 is 4.74 Å². The second-order valence-corrected chi connectivity index (χ2v) is 10.0. The molecule has 0 bridgehead atoms. The first-order chi connectivity index (χ1) is 13.1. The van der Waals surface area contributed by atoms with Gasteiger partial charge in [0.05, 0.1) is 28.5 Å². The minimum absolute atomic E-state index is 0.0475. The van der Waals surface area contributed by atoms with E-state index < -0.39 is 22.7 Å². The Hall–Kier alpha value is -1.50. The molecule has 29 heavy (non-hydrogen) atoms. The van der Waals surface area contributed by atoms with Gasteiger partial charge in [-0.25, -0.2) is 4.98 Å². The van der Waals surface area contributed by atoms with Crippen LogP contribution in [-0.4, -0.2) is 57.0 Å². The number of hydrogen-bond acceptors (Lipinski definition) is 3. The highest BCUT2D eigenvalue weighted by Crippen LogP contribution is 2.46. The first-order valence-electron chi connectivity index (χ1n) is 10.0. The molecule has 1 N–H and O–H groups in total. The van der Waals surface area contributed by atoms with Gasteiger partial charge in [0.2, 0.25) is 0 Å². The Balaban J connectivity index is 2.06. The third-order valence-corrected chi connectivity index (χ3v) is 7.06. The molecule has 0 radical (unpaired) electrons. The van der Waals surface area contributed by atoms with Gasteiger partial charge in [0.15, 0.2) is 0 Å². The van der Waals surface area contributed by atoms with Crippen LogP contribution in [-0.2, 0) is 6.18 Å². The van der Waals surface area contributed by atoms with Crippen LogP contribution in [0.4, 0.5) is 13.2 Å². The number of ether oxygens (including phenoxy) is 1. The van der Waals surface area contributed by atoms with Crippen molar-refractivity contribution in [3.05, 3.63) is 24.0 Å². The molecule has 1 aliphatic rings. The van der Waals surface area contributed by atoms with Crippen molar-refractivity contribution < 1.29 is 23.0 Å². The van der Waals surface area contributed by atoms with Gasteiger partial charge in [-0.2, -0.15) is 13.2 Å². The number of alkyl halides is 3. The summed E-state index contributed by atoms with van der Waals surface area (Å²) >= 11 is 0. The molecular weight excluding hydrogens is 376 g/mol.